The number of ether oxygens (including phenoxy) is 2. The van der Waals surface area contributed by atoms with E-state index in [0.717, 1.165) is 11.4 Å². The van der Waals surface area contributed by atoms with Crippen LogP contribution in [-0.2, 0) is 20.0 Å². The summed E-state index contributed by atoms with van der Waals surface area (Å²) in [6.07, 6.45) is 2.33. The van der Waals surface area contributed by atoms with E-state index in [0.29, 0.717) is 43.2 Å². The van der Waals surface area contributed by atoms with Crippen LogP contribution in [0.25, 0.3) is 0 Å². The molecular formula is C17H19N3O4. The smallest absolute Gasteiger partial charge is 0.258 e. The molecule has 2 aliphatic rings. The van der Waals surface area contributed by atoms with Crippen molar-refractivity contribution in [3.63, 3.8) is 0 Å². The number of hydrogen-bond donors (Lipinski definition) is 1. The molecule has 1 aromatic carbocycles. The van der Waals surface area contributed by atoms with Crippen molar-refractivity contribution in [1.29, 1.82) is 0 Å². The molecule has 0 aliphatic carbocycles. The normalized spacial score (nSPS) is 19.1. The van der Waals surface area contributed by atoms with Crippen LogP contribution in [0.2, 0.25) is 0 Å². The van der Waals surface area contributed by atoms with Crippen molar-refractivity contribution < 1.29 is 19.4 Å². The Balaban J connectivity index is 1.69. The maximum atomic E-state index is 13.1. The van der Waals surface area contributed by atoms with E-state index in [9.17, 15) is 9.90 Å². The minimum Gasteiger partial charge on any atom is -0.486 e. The summed E-state index contributed by atoms with van der Waals surface area (Å²) in [4.78, 5) is 19.1. The van der Waals surface area contributed by atoms with Gasteiger partial charge in [0.15, 0.2) is 11.5 Å². The Morgan fingerprint density at radius 1 is 1.38 bits per heavy atom. The van der Waals surface area contributed by atoms with Crippen LogP contribution < -0.4 is 9.47 Å². The molecule has 0 radical (unpaired) electrons. The first-order valence-corrected chi connectivity index (χ1v) is 7.98. The standard InChI is InChI=1S/C17H19N3O4/c1-19-10-18-13-8-20(11(9-21)7-14(13)19)17(22)12-3-2-4-15-16(12)24-6-5-23-15/h2-4,10-11,21H,5-9H2,1H3/t11-/m0/s1. The third-order valence-electron chi connectivity index (χ3n) is 4.60. The number of aliphatic hydroxyl groups is 1. The first-order valence-electron chi connectivity index (χ1n) is 7.98. The fourth-order valence-corrected chi connectivity index (χ4v) is 3.32. The lowest BCUT2D eigenvalue weighted by Crippen LogP contribution is -2.46. The van der Waals surface area contributed by atoms with E-state index in [-0.39, 0.29) is 18.6 Å². The monoisotopic (exact) mass is 329 g/mol. The van der Waals surface area contributed by atoms with E-state index in [4.69, 9.17) is 9.47 Å². The van der Waals surface area contributed by atoms with E-state index in [1.807, 2.05) is 11.6 Å². The van der Waals surface area contributed by atoms with Crippen molar-refractivity contribution in [2.45, 2.75) is 19.0 Å². The Labute approximate surface area is 139 Å². The van der Waals surface area contributed by atoms with Crippen LogP contribution in [0.4, 0.5) is 0 Å². The van der Waals surface area contributed by atoms with Gasteiger partial charge in [0.1, 0.15) is 13.2 Å². The number of amides is 1. The molecule has 0 fully saturated rings. The van der Waals surface area contributed by atoms with E-state index < -0.39 is 0 Å². The van der Waals surface area contributed by atoms with E-state index in [2.05, 4.69) is 4.98 Å². The van der Waals surface area contributed by atoms with Crippen molar-refractivity contribution in [3.05, 3.63) is 41.5 Å². The molecule has 1 aromatic heterocycles. The second-order valence-electron chi connectivity index (χ2n) is 6.05. The maximum Gasteiger partial charge on any atom is 0.258 e. The zero-order valence-corrected chi connectivity index (χ0v) is 13.4. The topological polar surface area (TPSA) is 76.8 Å². The molecule has 1 atom stereocenters. The van der Waals surface area contributed by atoms with Gasteiger partial charge < -0.3 is 24.0 Å². The summed E-state index contributed by atoms with van der Waals surface area (Å²) in [5.74, 6) is 0.896. The van der Waals surface area contributed by atoms with Gasteiger partial charge in [-0.25, -0.2) is 4.98 Å². The van der Waals surface area contributed by atoms with Crippen LogP contribution in [0.15, 0.2) is 24.5 Å². The van der Waals surface area contributed by atoms with Crippen LogP contribution in [0.3, 0.4) is 0 Å². The van der Waals surface area contributed by atoms with Gasteiger partial charge >= 0.3 is 0 Å². The molecule has 0 unspecified atom stereocenters. The van der Waals surface area contributed by atoms with Gasteiger partial charge in [0.25, 0.3) is 5.91 Å². The van der Waals surface area contributed by atoms with E-state index in [1.165, 1.54) is 0 Å². The number of hydrogen-bond acceptors (Lipinski definition) is 5. The molecule has 1 N–H and O–H groups in total. The summed E-state index contributed by atoms with van der Waals surface area (Å²) in [6.45, 7) is 1.18. The van der Waals surface area contributed by atoms with E-state index >= 15 is 0 Å². The molecule has 4 rings (SSSR count). The summed E-state index contributed by atoms with van der Waals surface area (Å²) in [7, 11) is 1.93. The van der Waals surface area contributed by atoms with Gasteiger partial charge in [-0.2, -0.15) is 0 Å². The van der Waals surface area contributed by atoms with Gasteiger partial charge in [-0.3, -0.25) is 4.79 Å². The Hall–Kier alpha value is -2.54. The first-order chi connectivity index (χ1) is 11.7. The average molecular weight is 329 g/mol. The maximum absolute atomic E-state index is 13.1. The minimum atomic E-state index is -0.277. The molecule has 0 bridgehead atoms. The van der Waals surface area contributed by atoms with Crippen molar-refractivity contribution >= 4 is 5.91 Å². The summed E-state index contributed by atoms with van der Waals surface area (Å²) in [5.41, 5.74) is 2.40. The highest BCUT2D eigenvalue weighted by molar-refractivity contribution is 5.98. The van der Waals surface area contributed by atoms with Crippen LogP contribution in [0.5, 0.6) is 11.5 Å². The third kappa shape index (κ3) is 2.32. The summed E-state index contributed by atoms with van der Waals surface area (Å²) >= 11 is 0. The second-order valence-corrected chi connectivity index (χ2v) is 6.05. The van der Waals surface area contributed by atoms with E-state index in [1.54, 1.807) is 29.4 Å². The Morgan fingerprint density at radius 3 is 3.04 bits per heavy atom. The van der Waals surface area contributed by atoms with Gasteiger partial charge in [-0.15, -0.1) is 0 Å². The number of aryl methyl sites for hydroxylation is 1. The SMILES string of the molecule is Cn1cnc2c1C[C@@H](CO)N(C(=O)c1cccc3c1OCCO3)C2. The number of aromatic nitrogens is 2. The molecule has 2 aromatic rings. The molecule has 126 valence electrons. The zero-order valence-electron chi connectivity index (χ0n) is 13.4. The number of aliphatic hydroxyl groups excluding tert-OH is 1. The largest absolute Gasteiger partial charge is 0.486 e. The Bertz CT molecular complexity index is 786. The number of imidazole rings is 1. The molecule has 24 heavy (non-hydrogen) atoms. The molecule has 2 aliphatic heterocycles. The van der Waals surface area contributed by atoms with Crippen LogP contribution >= 0.6 is 0 Å². The highest BCUT2D eigenvalue weighted by atomic mass is 16.6. The third-order valence-corrected chi connectivity index (χ3v) is 4.60. The highest BCUT2D eigenvalue weighted by Crippen LogP contribution is 2.35. The van der Waals surface area contributed by atoms with Crippen molar-refractivity contribution in [3.8, 4) is 11.5 Å². The lowest BCUT2D eigenvalue weighted by Gasteiger charge is -2.35. The first kappa shape index (κ1) is 15.0. The Kier molecular flexibility index (Phi) is 3.65. The quantitative estimate of drug-likeness (QED) is 0.880. The molecule has 0 spiro atoms. The van der Waals surface area contributed by atoms with Crippen molar-refractivity contribution in [2.24, 2.45) is 7.05 Å². The molecule has 3 heterocycles. The van der Waals surface area contributed by atoms with Gasteiger partial charge in [-0.1, -0.05) is 6.07 Å². The average Bonchev–Trinajstić information content (AvgIpc) is 2.99. The zero-order chi connectivity index (χ0) is 16.7. The Morgan fingerprint density at radius 2 is 2.21 bits per heavy atom. The van der Waals surface area contributed by atoms with Crippen LogP contribution in [0, 0.1) is 0 Å². The lowest BCUT2D eigenvalue weighted by molar-refractivity contribution is 0.0527. The fraction of sp³-hybridized carbons (Fsp3) is 0.412. The van der Waals surface area contributed by atoms with Crippen molar-refractivity contribution in [2.75, 3.05) is 19.8 Å². The molecule has 1 amide bonds. The van der Waals surface area contributed by atoms with Gasteiger partial charge in [-0.05, 0) is 12.1 Å². The fourth-order valence-electron chi connectivity index (χ4n) is 3.32. The predicted octanol–water partition coefficient (Wildman–Crippen LogP) is 0.751. The summed E-state index contributed by atoms with van der Waals surface area (Å²) in [6, 6.07) is 5.03. The van der Waals surface area contributed by atoms with Gasteiger partial charge in [0.05, 0.1) is 36.8 Å². The number of carbonyl (C=O) groups is 1. The summed E-state index contributed by atoms with van der Waals surface area (Å²) in [5, 5.41) is 9.77. The molecule has 0 saturated heterocycles. The number of fused-ring (bicyclic) bond motifs is 2. The number of rotatable bonds is 2. The highest BCUT2D eigenvalue weighted by Gasteiger charge is 2.34. The summed E-state index contributed by atoms with van der Waals surface area (Å²) < 4.78 is 13.2. The molecular weight excluding hydrogens is 310 g/mol. The van der Waals surface area contributed by atoms with Gasteiger partial charge in [0.2, 0.25) is 0 Å². The minimum absolute atomic E-state index is 0.0945. The van der Waals surface area contributed by atoms with Crippen molar-refractivity contribution in [1.82, 2.24) is 14.5 Å². The predicted molar refractivity (Wildman–Crippen MR) is 85.1 cm³/mol. The van der Waals surface area contributed by atoms with Crippen LogP contribution in [0.1, 0.15) is 21.7 Å². The molecule has 7 nitrogen and oxygen atoms in total. The molecule has 0 saturated carbocycles. The number of para-hydroxylation sites is 1. The molecule has 7 heteroatoms. The number of benzene rings is 1. The number of nitrogens with zero attached hydrogens (tertiary/aromatic N) is 3. The van der Waals surface area contributed by atoms with Gasteiger partial charge in [0, 0.05) is 19.2 Å². The van der Waals surface area contributed by atoms with Crippen LogP contribution in [-0.4, -0.2) is 51.3 Å². The number of carbonyl (C=O) groups excluding carboxylic acids is 1. The lowest BCUT2D eigenvalue weighted by atomic mass is 10.0. The second kappa shape index (κ2) is 5.83.